The zero-order chi connectivity index (χ0) is 15.4. The van der Waals surface area contributed by atoms with Crippen molar-refractivity contribution in [3.63, 3.8) is 0 Å². The number of pyridine rings is 1. The first-order valence-corrected chi connectivity index (χ1v) is 7.34. The number of anilines is 1. The Labute approximate surface area is 129 Å². The number of hydrogen-bond donors (Lipinski definition) is 1. The molecule has 1 fully saturated rings. The fraction of sp³-hybridized carbons (Fsp3) is 0.294. The average Bonchev–Trinajstić information content (AvgIpc) is 2.47. The highest BCUT2D eigenvalue weighted by atomic mass is 16.5. The van der Waals surface area contributed by atoms with Crippen molar-refractivity contribution in [2.75, 3.05) is 18.4 Å². The molecular formula is C17H19N3O2. The number of benzene rings is 1. The molecule has 0 spiro atoms. The second-order valence-corrected chi connectivity index (χ2v) is 5.49. The molecule has 3 rings (SSSR count). The largest absolute Gasteiger partial charge is 0.488 e. The molecule has 22 heavy (non-hydrogen) atoms. The van der Waals surface area contributed by atoms with E-state index in [1.54, 1.807) is 12.4 Å². The van der Waals surface area contributed by atoms with E-state index >= 15 is 0 Å². The standard InChI is InChI=1S/C17H19N3O2/c1-13(21)19-15-4-2-14(3-5-15)10-20-11-17(12-20)22-16-6-8-18-9-7-16/h2-9,17H,10-12H2,1H3,(H,19,21). The van der Waals surface area contributed by atoms with Gasteiger partial charge in [-0.2, -0.15) is 0 Å². The van der Waals surface area contributed by atoms with Crippen LogP contribution in [0.3, 0.4) is 0 Å². The molecule has 0 aliphatic carbocycles. The van der Waals surface area contributed by atoms with Crippen LogP contribution < -0.4 is 10.1 Å². The average molecular weight is 297 g/mol. The number of rotatable bonds is 5. The van der Waals surface area contributed by atoms with E-state index in [-0.39, 0.29) is 12.0 Å². The monoisotopic (exact) mass is 297 g/mol. The van der Waals surface area contributed by atoms with Gasteiger partial charge in [-0.15, -0.1) is 0 Å². The molecule has 0 atom stereocenters. The maximum absolute atomic E-state index is 11.0. The summed E-state index contributed by atoms with van der Waals surface area (Å²) in [6.07, 6.45) is 3.73. The molecule has 1 aromatic carbocycles. The highest BCUT2D eigenvalue weighted by molar-refractivity contribution is 5.88. The van der Waals surface area contributed by atoms with Crippen LogP contribution in [0.1, 0.15) is 12.5 Å². The minimum absolute atomic E-state index is 0.0494. The second-order valence-electron chi connectivity index (χ2n) is 5.49. The van der Waals surface area contributed by atoms with Crippen LogP contribution >= 0.6 is 0 Å². The Morgan fingerprint density at radius 3 is 2.55 bits per heavy atom. The van der Waals surface area contributed by atoms with Gasteiger partial charge in [-0.3, -0.25) is 14.7 Å². The molecule has 1 aliphatic rings. The van der Waals surface area contributed by atoms with Crippen LogP contribution in [0.2, 0.25) is 0 Å². The highest BCUT2D eigenvalue weighted by Crippen LogP contribution is 2.20. The van der Waals surface area contributed by atoms with Gasteiger partial charge in [0.15, 0.2) is 0 Å². The van der Waals surface area contributed by atoms with Crippen molar-refractivity contribution in [3.8, 4) is 5.75 Å². The number of nitrogens with zero attached hydrogens (tertiary/aromatic N) is 2. The van der Waals surface area contributed by atoms with Crippen LogP contribution in [-0.4, -0.2) is 35.0 Å². The summed E-state index contributed by atoms with van der Waals surface area (Å²) < 4.78 is 5.85. The van der Waals surface area contributed by atoms with Crippen molar-refractivity contribution in [2.24, 2.45) is 0 Å². The van der Waals surface area contributed by atoms with Gasteiger partial charge in [-0.1, -0.05) is 12.1 Å². The Balaban J connectivity index is 1.45. The summed E-state index contributed by atoms with van der Waals surface area (Å²) in [5.74, 6) is 0.825. The van der Waals surface area contributed by atoms with Gasteiger partial charge in [0, 0.05) is 44.6 Å². The number of amides is 1. The summed E-state index contributed by atoms with van der Waals surface area (Å²) >= 11 is 0. The van der Waals surface area contributed by atoms with Gasteiger partial charge in [0.05, 0.1) is 0 Å². The maximum Gasteiger partial charge on any atom is 0.221 e. The Bertz CT molecular complexity index is 622. The molecule has 2 aromatic rings. The molecule has 114 valence electrons. The van der Waals surface area contributed by atoms with Crippen molar-refractivity contribution in [1.82, 2.24) is 9.88 Å². The summed E-state index contributed by atoms with van der Waals surface area (Å²) in [4.78, 5) is 17.3. The lowest BCUT2D eigenvalue weighted by Crippen LogP contribution is -2.53. The van der Waals surface area contributed by atoms with Crippen LogP contribution in [0.5, 0.6) is 5.75 Å². The van der Waals surface area contributed by atoms with Crippen LogP contribution in [0, 0.1) is 0 Å². The van der Waals surface area contributed by atoms with E-state index in [1.807, 2.05) is 36.4 Å². The van der Waals surface area contributed by atoms with Crippen molar-refractivity contribution >= 4 is 11.6 Å². The predicted molar refractivity (Wildman–Crippen MR) is 84.7 cm³/mol. The summed E-state index contributed by atoms with van der Waals surface area (Å²) in [5, 5.41) is 2.77. The summed E-state index contributed by atoms with van der Waals surface area (Å²) in [6, 6.07) is 11.7. The molecule has 1 saturated heterocycles. The van der Waals surface area contributed by atoms with E-state index in [0.717, 1.165) is 31.1 Å². The third-order valence-electron chi connectivity index (χ3n) is 3.56. The van der Waals surface area contributed by atoms with Crippen molar-refractivity contribution in [3.05, 3.63) is 54.4 Å². The molecule has 0 saturated carbocycles. The lowest BCUT2D eigenvalue weighted by molar-refractivity contribution is -0.114. The lowest BCUT2D eigenvalue weighted by Gasteiger charge is -2.39. The molecule has 0 bridgehead atoms. The first kappa shape index (κ1) is 14.5. The Kier molecular flexibility index (Phi) is 4.34. The zero-order valence-electron chi connectivity index (χ0n) is 12.5. The Morgan fingerprint density at radius 2 is 1.91 bits per heavy atom. The molecule has 1 aliphatic heterocycles. The Morgan fingerprint density at radius 1 is 1.23 bits per heavy atom. The van der Waals surface area contributed by atoms with Gasteiger partial charge < -0.3 is 10.1 Å². The molecule has 0 unspecified atom stereocenters. The van der Waals surface area contributed by atoms with Gasteiger partial charge in [0.1, 0.15) is 11.9 Å². The summed E-state index contributed by atoms with van der Waals surface area (Å²) in [6.45, 7) is 4.26. The van der Waals surface area contributed by atoms with Crippen LogP contribution in [-0.2, 0) is 11.3 Å². The summed E-state index contributed by atoms with van der Waals surface area (Å²) in [5.41, 5.74) is 2.07. The first-order chi connectivity index (χ1) is 10.7. The molecule has 1 aromatic heterocycles. The van der Waals surface area contributed by atoms with Crippen molar-refractivity contribution in [2.45, 2.75) is 19.6 Å². The molecule has 0 radical (unpaired) electrons. The number of hydrogen-bond acceptors (Lipinski definition) is 4. The number of likely N-dealkylation sites (tertiary alicyclic amines) is 1. The van der Waals surface area contributed by atoms with E-state index in [1.165, 1.54) is 12.5 Å². The molecular weight excluding hydrogens is 278 g/mol. The van der Waals surface area contributed by atoms with Crippen LogP contribution in [0.25, 0.3) is 0 Å². The minimum Gasteiger partial charge on any atom is -0.488 e. The fourth-order valence-corrected chi connectivity index (χ4v) is 2.49. The number of carbonyl (C=O) groups excluding carboxylic acids is 1. The van der Waals surface area contributed by atoms with Crippen molar-refractivity contribution < 1.29 is 9.53 Å². The number of aromatic nitrogens is 1. The van der Waals surface area contributed by atoms with E-state index in [0.29, 0.717) is 0 Å². The third kappa shape index (κ3) is 3.83. The van der Waals surface area contributed by atoms with E-state index < -0.39 is 0 Å². The van der Waals surface area contributed by atoms with Gasteiger partial charge in [-0.25, -0.2) is 0 Å². The summed E-state index contributed by atoms with van der Waals surface area (Å²) in [7, 11) is 0. The third-order valence-corrected chi connectivity index (χ3v) is 3.56. The maximum atomic E-state index is 11.0. The minimum atomic E-state index is -0.0494. The molecule has 1 N–H and O–H groups in total. The first-order valence-electron chi connectivity index (χ1n) is 7.34. The second kappa shape index (κ2) is 6.58. The van der Waals surface area contributed by atoms with Crippen LogP contribution in [0.15, 0.2) is 48.8 Å². The molecule has 5 heteroatoms. The van der Waals surface area contributed by atoms with Gasteiger partial charge in [0.2, 0.25) is 5.91 Å². The van der Waals surface area contributed by atoms with Crippen molar-refractivity contribution in [1.29, 1.82) is 0 Å². The zero-order valence-corrected chi connectivity index (χ0v) is 12.5. The highest BCUT2D eigenvalue weighted by Gasteiger charge is 2.28. The topological polar surface area (TPSA) is 54.5 Å². The lowest BCUT2D eigenvalue weighted by atomic mass is 10.1. The van der Waals surface area contributed by atoms with E-state index in [4.69, 9.17) is 4.74 Å². The number of ether oxygens (including phenoxy) is 1. The number of carbonyl (C=O) groups is 1. The quantitative estimate of drug-likeness (QED) is 0.920. The number of nitrogens with one attached hydrogen (secondary N) is 1. The van der Waals surface area contributed by atoms with E-state index in [9.17, 15) is 4.79 Å². The molecule has 5 nitrogen and oxygen atoms in total. The smallest absolute Gasteiger partial charge is 0.221 e. The SMILES string of the molecule is CC(=O)Nc1ccc(CN2CC(Oc3ccncc3)C2)cc1. The van der Waals surface area contributed by atoms with Gasteiger partial charge >= 0.3 is 0 Å². The fourth-order valence-electron chi connectivity index (χ4n) is 2.49. The van der Waals surface area contributed by atoms with Gasteiger partial charge in [-0.05, 0) is 29.8 Å². The normalized spacial score (nSPS) is 15.1. The predicted octanol–water partition coefficient (Wildman–Crippen LogP) is 2.30. The van der Waals surface area contributed by atoms with Crippen LogP contribution in [0.4, 0.5) is 5.69 Å². The molecule has 2 heterocycles. The van der Waals surface area contributed by atoms with E-state index in [2.05, 4.69) is 15.2 Å². The Hall–Kier alpha value is -2.40. The van der Waals surface area contributed by atoms with Gasteiger partial charge in [0.25, 0.3) is 0 Å². The molecule has 1 amide bonds.